The van der Waals surface area contributed by atoms with E-state index in [2.05, 4.69) is 20.9 Å². The highest BCUT2D eigenvalue weighted by Crippen LogP contribution is 2.26. The maximum atomic E-state index is 12.1. The molecule has 26 heavy (non-hydrogen) atoms. The zero-order chi connectivity index (χ0) is 18.4. The Morgan fingerprint density at radius 3 is 2.65 bits per heavy atom. The predicted octanol–water partition coefficient (Wildman–Crippen LogP) is 3.75. The molecule has 0 bridgehead atoms. The van der Waals surface area contributed by atoms with Crippen molar-refractivity contribution in [2.75, 3.05) is 32.9 Å². The Bertz CT molecular complexity index is 784. The first-order valence-electron chi connectivity index (χ1n) is 8.50. The molecule has 1 aliphatic rings. The van der Waals surface area contributed by atoms with Gasteiger partial charge in [-0.1, -0.05) is 6.07 Å². The van der Waals surface area contributed by atoms with E-state index in [-0.39, 0.29) is 12.5 Å². The number of aryl methyl sites for hydroxylation is 1. The summed E-state index contributed by atoms with van der Waals surface area (Å²) in [6.45, 7) is 4.54. The monoisotopic (exact) mass is 416 g/mol. The van der Waals surface area contributed by atoms with Crippen molar-refractivity contribution in [2.24, 2.45) is 4.99 Å². The summed E-state index contributed by atoms with van der Waals surface area (Å²) in [6.07, 6.45) is 1.80. The number of benzene rings is 2. The van der Waals surface area contributed by atoms with E-state index in [1.807, 2.05) is 49.4 Å². The van der Waals surface area contributed by atoms with Gasteiger partial charge in [0, 0.05) is 23.8 Å². The topological polar surface area (TPSA) is 51.1 Å². The molecule has 0 saturated carbocycles. The average molecular weight is 417 g/mol. The van der Waals surface area contributed by atoms with Crippen LogP contribution < -0.4 is 4.74 Å². The first kappa shape index (κ1) is 18.6. The van der Waals surface area contributed by atoms with E-state index in [0.29, 0.717) is 32.1 Å². The summed E-state index contributed by atoms with van der Waals surface area (Å²) in [4.78, 5) is 18.3. The number of morpholine rings is 1. The molecular weight excluding hydrogens is 396 g/mol. The predicted molar refractivity (Wildman–Crippen MR) is 105 cm³/mol. The van der Waals surface area contributed by atoms with Gasteiger partial charge in [-0.3, -0.25) is 9.79 Å². The molecule has 1 fully saturated rings. The van der Waals surface area contributed by atoms with Crippen molar-refractivity contribution in [3.05, 3.63) is 58.1 Å². The third-order valence-corrected chi connectivity index (χ3v) is 4.70. The minimum absolute atomic E-state index is 0.0110. The first-order valence-corrected chi connectivity index (χ1v) is 9.30. The Kier molecular flexibility index (Phi) is 6.41. The van der Waals surface area contributed by atoms with E-state index in [0.717, 1.165) is 15.7 Å². The van der Waals surface area contributed by atoms with Crippen LogP contribution >= 0.6 is 15.9 Å². The number of rotatable bonds is 5. The van der Waals surface area contributed by atoms with Crippen LogP contribution in [0, 0.1) is 6.92 Å². The van der Waals surface area contributed by atoms with Crippen molar-refractivity contribution in [3.8, 4) is 5.75 Å². The number of halogens is 1. The first-order chi connectivity index (χ1) is 12.6. The van der Waals surface area contributed by atoms with Gasteiger partial charge in [-0.2, -0.15) is 0 Å². The highest BCUT2D eigenvalue weighted by atomic mass is 79.9. The Morgan fingerprint density at radius 1 is 1.23 bits per heavy atom. The van der Waals surface area contributed by atoms with Crippen LogP contribution in [0.3, 0.4) is 0 Å². The lowest BCUT2D eigenvalue weighted by molar-refractivity contribution is -0.137. The zero-order valence-corrected chi connectivity index (χ0v) is 16.2. The van der Waals surface area contributed by atoms with E-state index in [4.69, 9.17) is 9.47 Å². The van der Waals surface area contributed by atoms with E-state index >= 15 is 0 Å². The molecule has 1 amide bonds. The maximum absolute atomic E-state index is 12.1. The van der Waals surface area contributed by atoms with Gasteiger partial charge < -0.3 is 14.4 Å². The molecule has 1 saturated heterocycles. The second-order valence-electron chi connectivity index (χ2n) is 6.06. The lowest BCUT2D eigenvalue weighted by Gasteiger charge is -2.26. The third kappa shape index (κ3) is 5.16. The normalized spacial score (nSPS) is 14.6. The van der Waals surface area contributed by atoms with Gasteiger partial charge in [0.25, 0.3) is 5.91 Å². The van der Waals surface area contributed by atoms with Gasteiger partial charge in [0.2, 0.25) is 0 Å². The van der Waals surface area contributed by atoms with Crippen molar-refractivity contribution >= 4 is 33.7 Å². The average Bonchev–Trinajstić information content (AvgIpc) is 2.67. The van der Waals surface area contributed by atoms with Crippen molar-refractivity contribution < 1.29 is 14.3 Å². The van der Waals surface area contributed by atoms with Crippen LogP contribution in [0.15, 0.2) is 51.9 Å². The van der Waals surface area contributed by atoms with Crippen LogP contribution in [0.25, 0.3) is 0 Å². The molecule has 0 aromatic heterocycles. The standard InChI is InChI=1S/C20H21BrN2O3/c1-15-2-7-19(18(21)12-15)22-13-16-3-5-17(6-4-16)26-14-20(24)23-8-10-25-11-9-23/h2-7,12-13H,8-11,14H2,1H3. The highest BCUT2D eigenvalue weighted by Gasteiger charge is 2.16. The van der Waals surface area contributed by atoms with Crippen LogP contribution in [0.1, 0.15) is 11.1 Å². The Morgan fingerprint density at radius 2 is 1.96 bits per heavy atom. The largest absolute Gasteiger partial charge is 0.484 e. The summed E-state index contributed by atoms with van der Waals surface area (Å²) in [5.74, 6) is 0.656. The number of carbonyl (C=O) groups excluding carboxylic acids is 1. The van der Waals surface area contributed by atoms with Gasteiger partial charge in [0.15, 0.2) is 6.61 Å². The van der Waals surface area contributed by atoms with Crippen LogP contribution in [0.4, 0.5) is 5.69 Å². The summed E-state index contributed by atoms with van der Waals surface area (Å²) in [7, 11) is 0. The lowest BCUT2D eigenvalue weighted by Crippen LogP contribution is -2.42. The molecule has 6 heteroatoms. The molecule has 2 aromatic carbocycles. The number of amides is 1. The molecular formula is C20H21BrN2O3. The molecule has 1 aliphatic heterocycles. The minimum atomic E-state index is -0.0110. The van der Waals surface area contributed by atoms with Crippen molar-refractivity contribution in [1.82, 2.24) is 4.90 Å². The quantitative estimate of drug-likeness (QED) is 0.697. The summed E-state index contributed by atoms with van der Waals surface area (Å²) < 4.78 is 11.8. The molecule has 136 valence electrons. The minimum Gasteiger partial charge on any atom is -0.484 e. The third-order valence-electron chi connectivity index (χ3n) is 4.06. The summed E-state index contributed by atoms with van der Waals surface area (Å²) in [5, 5.41) is 0. The number of hydrogen-bond donors (Lipinski definition) is 0. The molecule has 0 spiro atoms. The molecule has 1 heterocycles. The van der Waals surface area contributed by atoms with E-state index in [1.54, 1.807) is 11.1 Å². The summed E-state index contributed by atoms with van der Waals surface area (Å²) in [5.41, 5.74) is 3.03. The lowest BCUT2D eigenvalue weighted by atomic mass is 10.2. The Balaban J connectivity index is 1.54. The molecule has 0 unspecified atom stereocenters. The van der Waals surface area contributed by atoms with Crippen LogP contribution in [0.2, 0.25) is 0 Å². The van der Waals surface area contributed by atoms with Gasteiger partial charge in [-0.05, 0) is 70.4 Å². The van der Waals surface area contributed by atoms with Crippen LogP contribution in [-0.4, -0.2) is 49.9 Å². The van der Waals surface area contributed by atoms with Crippen LogP contribution in [-0.2, 0) is 9.53 Å². The summed E-state index contributed by atoms with van der Waals surface area (Å²) >= 11 is 3.52. The van der Waals surface area contributed by atoms with Crippen molar-refractivity contribution in [2.45, 2.75) is 6.92 Å². The van der Waals surface area contributed by atoms with Gasteiger partial charge in [0.05, 0.1) is 18.9 Å². The number of hydrogen-bond acceptors (Lipinski definition) is 4. The number of ether oxygens (including phenoxy) is 2. The van der Waals surface area contributed by atoms with E-state index in [9.17, 15) is 4.79 Å². The van der Waals surface area contributed by atoms with E-state index in [1.165, 1.54) is 5.56 Å². The highest BCUT2D eigenvalue weighted by molar-refractivity contribution is 9.10. The fourth-order valence-electron chi connectivity index (χ4n) is 2.56. The van der Waals surface area contributed by atoms with Crippen molar-refractivity contribution in [3.63, 3.8) is 0 Å². The smallest absolute Gasteiger partial charge is 0.260 e. The fraction of sp³-hybridized carbons (Fsp3) is 0.300. The number of nitrogens with zero attached hydrogens (tertiary/aromatic N) is 2. The molecule has 3 rings (SSSR count). The van der Waals surface area contributed by atoms with Gasteiger partial charge >= 0.3 is 0 Å². The number of carbonyl (C=O) groups is 1. The van der Waals surface area contributed by atoms with E-state index < -0.39 is 0 Å². The molecule has 0 N–H and O–H groups in total. The molecule has 0 aliphatic carbocycles. The van der Waals surface area contributed by atoms with Gasteiger partial charge in [-0.15, -0.1) is 0 Å². The fourth-order valence-corrected chi connectivity index (χ4v) is 3.16. The van der Waals surface area contributed by atoms with Gasteiger partial charge in [0.1, 0.15) is 5.75 Å². The molecule has 0 radical (unpaired) electrons. The zero-order valence-electron chi connectivity index (χ0n) is 14.7. The van der Waals surface area contributed by atoms with Gasteiger partial charge in [-0.25, -0.2) is 0 Å². The van der Waals surface area contributed by atoms with Crippen LogP contribution in [0.5, 0.6) is 5.75 Å². The second-order valence-corrected chi connectivity index (χ2v) is 6.92. The number of aliphatic imine (C=N–C) groups is 1. The Labute approximate surface area is 161 Å². The Hall–Kier alpha value is -2.18. The second kappa shape index (κ2) is 8.96. The molecule has 2 aromatic rings. The summed E-state index contributed by atoms with van der Waals surface area (Å²) in [6, 6.07) is 13.6. The molecule has 0 atom stereocenters. The van der Waals surface area contributed by atoms with Crippen molar-refractivity contribution in [1.29, 1.82) is 0 Å². The maximum Gasteiger partial charge on any atom is 0.260 e. The molecule has 5 nitrogen and oxygen atoms in total. The SMILES string of the molecule is Cc1ccc(N=Cc2ccc(OCC(=O)N3CCOCC3)cc2)c(Br)c1.